The maximum atomic E-state index is 12.7. The lowest BCUT2D eigenvalue weighted by Gasteiger charge is -2.33. The number of hydrogen-bond acceptors (Lipinski definition) is 5. The highest BCUT2D eigenvalue weighted by Gasteiger charge is 2.50. The third-order valence-electron chi connectivity index (χ3n) is 6.48. The van der Waals surface area contributed by atoms with Crippen LogP contribution < -0.4 is 5.32 Å². The van der Waals surface area contributed by atoms with Gasteiger partial charge >= 0.3 is 6.03 Å². The van der Waals surface area contributed by atoms with Crippen molar-refractivity contribution >= 4 is 41.6 Å². The Morgan fingerprint density at radius 1 is 1.22 bits per heavy atom. The molecule has 2 aliphatic carbocycles. The molecule has 2 atom stereocenters. The molecular formula is C22H23N6O4+. The number of nitrogens with one attached hydrogen (secondary N) is 1. The Labute approximate surface area is 184 Å². The zero-order valence-electron chi connectivity index (χ0n) is 17.9. The molecule has 5 amide bonds. The second-order valence-corrected chi connectivity index (χ2v) is 8.45. The van der Waals surface area contributed by atoms with Gasteiger partial charge in [0.05, 0.1) is 5.71 Å². The third-order valence-corrected chi connectivity index (χ3v) is 6.48. The third kappa shape index (κ3) is 3.14. The van der Waals surface area contributed by atoms with E-state index in [9.17, 15) is 19.2 Å². The van der Waals surface area contributed by atoms with Crippen molar-refractivity contribution < 1.29 is 23.8 Å². The zero-order valence-corrected chi connectivity index (χ0v) is 17.9. The molecule has 0 bridgehead atoms. The van der Waals surface area contributed by atoms with Crippen LogP contribution in [0.5, 0.6) is 0 Å². The monoisotopic (exact) mass is 435 g/mol. The number of imide groups is 1. The molecule has 10 heteroatoms. The summed E-state index contributed by atoms with van der Waals surface area (Å²) in [6.07, 6.45) is 10.7. The minimum absolute atomic E-state index is 0.0309. The number of carbonyl (C=O) groups is 4. The highest BCUT2D eigenvalue weighted by atomic mass is 16.2. The molecule has 5 aliphatic rings. The van der Waals surface area contributed by atoms with E-state index in [2.05, 4.69) is 15.3 Å². The van der Waals surface area contributed by atoms with E-state index < -0.39 is 23.9 Å². The van der Waals surface area contributed by atoms with Gasteiger partial charge in [0, 0.05) is 31.3 Å². The van der Waals surface area contributed by atoms with E-state index >= 15 is 0 Å². The summed E-state index contributed by atoms with van der Waals surface area (Å²) in [5, 5.41) is 2.95. The Bertz CT molecular complexity index is 1150. The van der Waals surface area contributed by atoms with Crippen LogP contribution in [0.15, 0.2) is 45.1 Å². The number of aliphatic imine (C=N–C) groups is 2. The first-order chi connectivity index (χ1) is 15.3. The number of urea groups is 1. The number of hydrogen-bond donors (Lipinski definition) is 1. The van der Waals surface area contributed by atoms with Crippen LogP contribution in [0.4, 0.5) is 4.79 Å². The molecule has 0 saturated carbocycles. The second kappa shape index (κ2) is 7.47. The number of carbonyl (C=O) groups excluding carboxylic acids is 4. The Hall–Kier alpha value is -3.69. The van der Waals surface area contributed by atoms with Crippen LogP contribution >= 0.6 is 0 Å². The molecule has 164 valence electrons. The van der Waals surface area contributed by atoms with Crippen molar-refractivity contribution in [3.8, 4) is 0 Å². The van der Waals surface area contributed by atoms with Crippen molar-refractivity contribution in [2.24, 2.45) is 15.9 Å². The van der Waals surface area contributed by atoms with E-state index in [0.29, 0.717) is 11.5 Å². The van der Waals surface area contributed by atoms with Gasteiger partial charge in [0.1, 0.15) is 0 Å². The summed E-state index contributed by atoms with van der Waals surface area (Å²) in [5.74, 6) is -0.628. The lowest BCUT2D eigenvalue weighted by molar-refractivity contribution is -0.519. The molecule has 0 spiro atoms. The number of nitrogens with zero attached hydrogens (tertiary/aromatic N) is 5. The topological polar surface area (TPSA) is 115 Å². The van der Waals surface area contributed by atoms with Gasteiger partial charge in [-0.3, -0.25) is 24.2 Å². The summed E-state index contributed by atoms with van der Waals surface area (Å²) in [7, 11) is 2.94. The normalized spacial score (nSPS) is 28.1. The maximum Gasteiger partial charge on any atom is 0.333 e. The molecular weight excluding hydrogens is 412 g/mol. The predicted octanol–water partition coefficient (Wildman–Crippen LogP) is 0.370. The summed E-state index contributed by atoms with van der Waals surface area (Å²) in [6, 6.07) is -1.29. The van der Waals surface area contributed by atoms with E-state index in [1.807, 2.05) is 6.08 Å². The summed E-state index contributed by atoms with van der Waals surface area (Å²) in [6.45, 7) is -0.162. The van der Waals surface area contributed by atoms with Gasteiger partial charge in [-0.05, 0) is 48.4 Å². The molecule has 0 radical (unpaired) electrons. The first-order valence-corrected chi connectivity index (χ1v) is 10.6. The van der Waals surface area contributed by atoms with Gasteiger partial charge in [-0.15, -0.1) is 0 Å². The SMILES string of the molecule is CN1C(=O)C2C(=NC=[N+]2CC(=O)N=C2C=CC3C(=C2)NC(=O)C2=C3CCCC2)N(C)C1=O. The summed E-state index contributed by atoms with van der Waals surface area (Å²) in [4.78, 5) is 60.4. The molecule has 1 fully saturated rings. The fraction of sp³-hybridized carbons (Fsp3) is 0.409. The van der Waals surface area contributed by atoms with Gasteiger partial charge in [0.2, 0.25) is 0 Å². The molecule has 2 unspecified atom stereocenters. The quantitative estimate of drug-likeness (QED) is 0.631. The lowest BCUT2D eigenvalue weighted by atomic mass is 9.77. The Morgan fingerprint density at radius 2 is 2.00 bits per heavy atom. The van der Waals surface area contributed by atoms with E-state index in [4.69, 9.17) is 0 Å². The molecule has 3 heterocycles. The minimum Gasteiger partial charge on any atom is -0.325 e. The highest BCUT2D eigenvalue weighted by Crippen LogP contribution is 2.38. The number of likely N-dealkylation sites (N-methyl/N-ethyl adjacent to an activating group) is 2. The van der Waals surface area contributed by atoms with Crippen LogP contribution in [0, 0.1) is 5.92 Å². The van der Waals surface area contributed by atoms with Gasteiger partial charge in [0.15, 0.2) is 6.54 Å². The van der Waals surface area contributed by atoms with Gasteiger partial charge in [0.25, 0.3) is 35.9 Å². The molecule has 10 nitrogen and oxygen atoms in total. The van der Waals surface area contributed by atoms with Crippen LogP contribution in [0.1, 0.15) is 25.7 Å². The molecule has 0 aromatic heterocycles. The Kier molecular flexibility index (Phi) is 4.72. The van der Waals surface area contributed by atoms with Crippen molar-refractivity contribution in [3.63, 3.8) is 0 Å². The van der Waals surface area contributed by atoms with Gasteiger partial charge in [-0.1, -0.05) is 6.08 Å². The molecule has 0 aromatic carbocycles. The van der Waals surface area contributed by atoms with Crippen molar-refractivity contribution in [2.75, 3.05) is 20.6 Å². The Balaban J connectivity index is 1.32. The van der Waals surface area contributed by atoms with Crippen molar-refractivity contribution in [1.29, 1.82) is 0 Å². The molecule has 0 aromatic rings. The van der Waals surface area contributed by atoms with Crippen molar-refractivity contribution in [2.45, 2.75) is 31.7 Å². The predicted molar refractivity (Wildman–Crippen MR) is 115 cm³/mol. The molecule has 32 heavy (non-hydrogen) atoms. The molecule has 1 saturated heterocycles. The van der Waals surface area contributed by atoms with Gasteiger partial charge in [-0.25, -0.2) is 14.4 Å². The number of amides is 5. The standard InChI is InChI=1S/C22H22N6O4/c1-26-19-18(21(31)27(2)22(26)32)28(11-23-19)10-17(29)24-12-7-8-14-13-5-3-4-6-15(13)20(30)25-16(14)9-12/h7-9,11,14,18H,3-6,10H2,1-2H3/p+1. The van der Waals surface area contributed by atoms with Crippen molar-refractivity contribution in [3.05, 3.63) is 35.1 Å². The average molecular weight is 435 g/mol. The maximum absolute atomic E-state index is 12.7. The van der Waals surface area contributed by atoms with Crippen LogP contribution in [-0.2, 0) is 14.4 Å². The minimum atomic E-state index is -0.828. The van der Waals surface area contributed by atoms with Crippen molar-refractivity contribution in [1.82, 2.24) is 15.1 Å². The van der Waals surface area contributed by atoms with E-state index in [1.165, 1.54) is 35.5 Å². The number of fused-ring (bicyclic) bond motifs is 3. The smallest absolute Gasteiger partial charge is 0.325 e. The van der Waals surface area contributed by atoms with E-state index in [-0.39, 0.29) is 18.4 Å². The van der Waals surface area contributed by atoms with Gasteiger partial charge in [-0.2, -0.15) is 0 Å². The number of allylic oxidation sites excluding steroid dienone is 3. The van der Waals surface area contributed by atoms with Crippen LogP contribution in [-0.4, -0.2) is 82.7 Å². The number of amidine groups is 1. The Morgan fingerprint density at radius 3 is 2.81 bits per heavy atom. The summed E-state index contributed by atoms with van der Waals surface area (Å²) < 4.78 is 1.48. The van der Waals surface area contributed by atoms with Crippen LogP contribution in [0.3, 0.4) is 0 Å². The van der Waals surface area contributed by atoms with E-state index in [1.54, 1.807) is 12.2 Å². The fourth-order valence-corrected chi connectivity index (χ4v) is 4.83. The van der Waals surface area contributed by atoms with Gasteiger partial charge < -0.3 is 5.32 Å². The first kappa shape index (κ1) is 20.2. The number of rotatable bonds is 2. The first-order valence-electron chi connectivity index (χ1n) is 10.6. The van der Waals surface area contributed by atoms with Crippen LogP contribution in [0.2, 0.25) is 0 Å². The summed E-state index contributed by atoms with van der Waals surface area (Å²) >= 11 is 0. The average Bonchev–Trinajstić information content (AvgIpc) is 3.19. The molecule has 3 aliphatic heterocycles. The van der Waals surface area contributed by atoms with E-state index in [0.717, 1.165) is 41.9 Å². The molecule has 1 N–H and O–H groups in total. The fourth-order valence-electron chi connectivity index (χ4n) is 4.83. The largest absolute Gasteiger partial charge is 0.333 e. The lowest BCUT2D eigenvalue weighted by Crippen LogP contribution is -2.61. The van der Waals surface area contributed by atoms with Crippen LogP contribution in [0.25, 0.3) is 0 Å². The molecule has 5 rings (SSSR count). The zero-order chi connectivity index (χ0) is 22.6. The second-order valence-electron chi connectivity index (χ2n) is 8.45. The highest BCUT2D eigenvalue weighted by molar-refractivity contribution is 6.21. The summed E-state index contributed by atoms with van der Waals surface area (Å²) in [5.41, 5.74) is 3.25.